The van der Waals surface area contributed by atoms with Crippen molar-refractivity contribution in [1.82, 2.24) is 4.90 Å². The smallest absolute Gasteiger partial charge is 0.265 e. The Morgan fingerprint density at radius 1 is 1.05 bits per heavy atom. The van der Waals surface area contributed by atoms with Crippen LogP contribution in [0.1, 0.15) is 31.1 Å². The lowest BCUT2D eigenvalue weighted by Gasteiger charge is -2.11. The molecule has 0 saturated heterocycles. The van der Waals surface area contributed by atoms with Gasteiger partial charge in [-0.2, -0.15) is 0 Å². The number of benzene rings is 2. The fourth-order valence-corrected chi connectivity index (χ4v) is 2.62. The maximum atomic E-state index is 12.2. The van der Waals surface area contributed by atoms with Crippen molar-refractivity contribution in [2.24, 2.45) is 0 Å². The Labute approximate surface area is 114 Å². The topological polar surface area (TPSA) is 63.7 Å². The number of imide groups is 1. The zero-order valence-electron chi connectivity index (χ0n) is 11.0. The summed E-state index contributed by atoms with van der Waals surface area (Å²) in [6.07, 6.45) is 0.650. The molecule has 0 fully saturated rings. The molecule has 0 unspecified atom stereocenters. The minimum Gasteiger partial charge on any atom is -0.495 e. The van der Waals surface area contributed by atoms with E-state index >= 15 is 0 Å². The molecule has 2 aromatic rings. The highest BCUT2D eigenvalue weighted by Gasteiger charge is 2.39. The summed E-state index contributed by atoms with van der Waals surface area (Å²) < 4.78 is 5.22. The van der Waals surface area contributed by atoms with Crippen LogP contribution in [0.3, 0.4) is 0 Å². The number of aldehydes is 1. The average molecular weight is 269 g/mol. The molecule has 1 heterocycles. The Morgan fingerprint density at radius 2 is 1.65 bits per heavy atom. The van der Waals surface area contributed by atoms with Crippen LogP contribution in [0.25, 0.3) is 10.8 Å². The van der Waals surface area contributed by atoms with E-state index in [9.17, 15) is 14.4 Å². The highest BCUT2D eigenvalue weighted by Crippen LogP contribution is 2.39. The van der Waals surface area contributed by atoms with Gasteiger partial charge in [0.2, 0.25) is 0 Å². The molecule has 2 aromatic carbocycles. The molecule has 2 amide bonds. The number of carbonyl (C=O) groups excluding carboxylic acids is 3. The molecule has 3 rings (SSSR count). The third-order valence-corrected chi connectivity index (χ3v) is 3.57. The second kappa shape index (κ2) is 4.16. The van der Waals surface area contributed by atoms with Gasteiger partial charge in [-0.1, -0.05) is 24.3 Å². The van der Waals surface area contributed by atoms with Gasteiger partial charge in [-0.3, -0.25) is 19.3 Å². The molecule has 1 aliphatic rings. The van der Waals surface area contributed by atoms with Crippen LogP contribution in [0.2, 0.25) is 0 Å². The summed E-state index contributed by atoms with van der Waals surface area (Å²) in [6.45, 7) is 0. The van der Waals surface area contributed by atoms with Crippen molar-refractivity contribution in [2.75, 3.05) is 14.2 Å². The number of ether oxygens (including phenoxy) is 1. The molecular formula is C15H11NO4. The molecule has 0 saturated carbocycles. The van der Waals surface area contributed by atoms with E-state index in [1.807, 2.05) is 0 Å². The van der Waals surface area contributed by atoms with E-state index in [0.717, 1.165) is 4.90 Å². The van der Waals surface area contributed by atoms with E-state index in [0.29, 0.717) is 28.2 Å². The number of amides is 2. The third kappa shape index (κ3) is 1.34. The standard InChI is InChI=1S/C15H11NO4/c1-16-14(18)11-9-6-4-3-5-8(9)10(7-17)13(20-2)12(11)15(16)19/h3-7H,1-2H3. The lowest BCUT2D eigenvalue weighted by atomic mass is 9.95. The van der Waals surface area contributed by atoms with Gasteiger partial charge >= 0.3 is 0 Å². The predicted molar refractivity (Wildman–Crippen MR) is 72.3 cm³/mol. The first-order chi connectivity index (χ1) is 9.61. The van der Waals surface area contributed by atoms with Gasteiger partial charge in [0.1, 0.15) is 5.75 Å². The van der Waals surface area contributed by atoms with Crippen LogP contribution in [0, 0.1) is 0 Å². The number of fused-ring (bicyclic) bond motifs is 3. The molecule has 0 N–H and O–H groups in total. The number of nitrogens with zero attached hydrogens (tertiary/aromatic N) is 1. The molecule has 0 bridgehead atoms. The van der Waals surface area contributed by atoms with E-state index < -0.39 is 5.91 Å². The van der Waals surface area contributed by atoms with Gasteiger partial charge < -0.3 is 4.74 Å². The molecule has 0 atom stereocenters. The van der Waals surface area contributed by atoms with Crippen LogP contribution in [-0.4, -0.2) is 37.2 Å². The van der Waals surface area contributed by atoms with Crippen LogP contribution in [0.4, 0.5) is 0 Å². The van der Waals surface area contributed by atoms with Gasteiger partial charge in [-0.15, -0.1) is 0 Å². The quantitative estimate of drug-likeness (QED) is 0.617. The molecule has 0 aliphatic carbocycles. The third-order valence-electron chi connectivity index (χ3n) is 3.57. The highest BCUT2D eigenvalue weighted by atomic mass is 16.5. The van der Waals surface area contributed by atoms with Crippen molar-refractivity contribution in [3.05, 3.63) is 41.0 Å². The van der Waals surface area contributed by atoms with Gasteiger partial charge in [-0.05, 0) is 10.8 Å². The van der Waals surface area contributed by atoms with E-state index in [-0.39, 0.29) is 17.2 Å². The minimum absolute atomic E-state index is 0.163. The maximum absolute atomic E-state index is 12.2. The number of hydrogen-bond acceptors (Lipinski definition) is 4. The van der Waals surface area contributed by atoms with E-state index in [2.05, 4.69) is 0 Å². The first kappa shape index (κ1) is 12.3. The second-order valence-electron chi connectivity index (χ2n) is 4.53. The van der Waals surface area contributed by atoms with Crippen molar-refractivity contribution in [2.45, 2.75) is 0 Å². The molecular weight excluding hydrogens is 258 g/mol. The average Bonchev–Trinajstić information content (AvgIpc) is 2.71. The molecule has 5 nitrogen and oxygen atoms in total. The van der Waals surface area contributed by atoms with Crippen LogP contribution in [0.5, 0.6) is 5.75 Å². The first-order valence-electron chi connectivity index (χ1n) is 6.02. The van der Waals surface area contributed by atoms with Crippen molar-refractivity contribution in [3.63, 3.8) is 0 Å². The van der Waals surface area contributed by atoms with E-state index in [1.54, 1.807) is 24.3 Å². The molecule has 0 spiro atoms. The normalized spacial score (nSPS) is 13.8. The van der Waals surface area contributed by atoms with E-state index in [1.165, 1.54) is 14.2 Å². The van der Waals surface area contributed by atoms with Crippen LogP contribution < -0.4 is 4.74 Å². The fraction of sp³-hybridized carbons (Fsp3) is 0.133. The first-order valence-corrected chi connectivity index (χ1v) is 6.02. The van der Waals surface area contributed by atoms with Crippen LogP contribution in [0.15, 0.2) is 24.3 Å². The lowest BCUT2D eigenvalue weighted by molar-refractivity contribution is 0.0692. The molecule has 0 radical (unpaired) electrons. The second-order valence-corrected chi connectivity index (χ2v) is 4.53. The Morgan fingerprint density at radius 3 is 2.25 bits per heavy atom. The highest BCUT2D eigenvalue weighted by molar-refractivity contribution is 6.29. The SMILES string of the molecule is COc1c2c(c3ccccc3c1C=O)C(=O)N(C)C2=O. The Hall–Kier alpha value is -2.69. The maximum Gasteiger partial charge on any atom is 0.265 e. The molecule has 0 aromatic heterocycles. The summed E-state index contributed by atoms with van der Waals surface area (Å²) in [7, 11) is 2.80. The summed E-state index contributed by atoms with van der Waals surface area (Å²) in [6, 6.07) is 6.99. The summed E-state index contributed by atoms with van der Waals surface area (Å²) in [4.78, 5) is 36.9. The number of hydrogen-bond donors (Lipinski definition) is 0. The summed E-state index contributed by atoms with van der Waals surface area (Å²) in [5, 5.41) is 1.20. The van der Waals surface area contributed by atoms with Gasteiger partial charge in [-0.25, -0.2) is 0 Å². The van der Waals surface area contributed by atoms with E-state index in [4.69, 9.17) is 4.74 Å². The number of rotatable bonds is 2. The number of methoxy groups -OCH3 is 1. The summed E-state index contributed by atoms with van der Waals surface area (Å²) >= 11 is 0. The van der Waals surface area contributed by atoms with Gasteiger partial charge in [0.15, 0.2) is 6.29 Å². The van der Waals surface area contributed by atoms with Crippen molar-refractivity contribution in [1.29, 1.82) is 0 Å². The summed E-state index contributed by atoms with van der Waals surface area (Å²) in [5.74, 6) is -0.663. The largest absolute Gasteiger partial charge is 0.495 e. The Balaban J connectivity index is 2.58. The minimum atomic E-state index is -0.448. The van der Waals surface area contributed by atoms with Crippen LogP contribution in [-0.2, 0) is 0 Å². The molecule has 5 heteroatoms. The Kier molecular flexibility index (Phi) is 2.57. The van der Waals surface area contributed by atoms with Gasteiger partial charge in [0.05, 0.1) is 23.8 Å². The predicted octanol–water partition coefficient (Wildman–Crippen LogP) is 1.89. The van der Waals surface area contributed by atoms with Gasteiger partial charge in [0, 0.05) is 7.05 Å². The molecule has 100 valence electrons. The zero-order chi connectivity index (χ0) is 14.4. The van der Waals surface area contributed by atoms with Crippen molar-refractivity contribution in [3.8, 4) is 5.75 Å². The molecule has 20 heavy (non-hydrogen) atoms. The van der Waals surface area contributed by atoms with Gasteiger partial charge in [0.25, 0.3) is 11.8 Å². The van der Waals surface area contributed by atoms with Crippen molar-refractivity contribution >= 4 is 28.9 Å². The lowest BCUT2D eigenvalue weighted by Crippen LogP contribution is -2.24. The number of carbonyl (C=O) groups is 3. The fourth-order valence-electron chi connectivity index (χ4n) is 2.62. The zero-order valence-corrected chi connectivity index (χ0v) is 11.0. The van der Waals surface area contributed by atoms with Crippen molar-refractivity contribution < 1.29 is 19.1 Å². The molecule has 1 aliphatic heterocycles. The summed E-state index contributed by atoms with van der Waals surface area (Å²) in [5.41, 5.74) is 0.759. The Bertz CT molecular complexity index is 779. The monoisotopic (exact) mass is 269 g/mol. The van der Waals surface area contributed by atoms with Crippen LogP contribution >= 0.6 is 0 Å².